The summed E-state index contributed by atoms with van der Waals surface area (Å²) in [6.45, 7) is 4.90. The summed E-state index contributed by atoms with van der Waals surface area (Å²) in [6.07, 6.45) is 80.5. The number of allylic oxidation sites excluding steroid dienone is 5. The number of carbonyl (C=O) groups excluding carboxylic acids is 2. The molecule has 436 valence electrons. The molecule has 0 aromatic heterocycles. The lowest BCUT2D eigenvalue weighted by molar-refractivity contribution is -0.143. The molecule has 1 amide bonds. The van der Waals surface area contributed by atoms with E-state index in [2.05, 4.69) is 43.5 Å². The SMILES string of the molecule is CCCCC/C=C\C/C=C\CCCCCCCCCCCC(=O)OCCCCCCCCCCCCCCCCCCCCCCCCC(=O)NC(CO)C(O)/C=C/CCCCCCCCCCCCCCCC. The van der Waals surface area contributed by atoms with E-state index in [-0.39, 0.29) is 18.5 Å². The minimum absolute atomic E-state index is 0.00926. The van der Waals surface area contributed by atoms with Crippen LogP contribution in [0.1, 0.15) is 361 Å². The lowest BCUT2D eigenvalue weighted by Gasteiger charge is -2.20. The standard InChI is InChI=1S/C68H129NO5/c1-3-5-7-9-11-13-15-17-19-21-26-30-34-38-42-46-50-54-58-62-68(73)74-63-59-55-51-47-43-39-35-31-28-25-23-22-24-27-29-33-37-41-45-49-53-57-61-67(72)69-65(64-70)66(71)60-56-52-48-44-40-36-32-20-18-16-14-12-10-8-6-4-2/h11,13,17,19,56,60,65-66,70-71H,3-10,12,14-16,18,20-55,57-59,61-64H2,1-2H3,(H,69,72)/b13-11-,19-17-,60-56+. The van der Waals surface area contributed by atoms with Crippen LogP contribution in [0, 0.1) is 0 Å². The smallest absolute Gasteiger partial charge is 0.305 e. The highest BCUT2D eigenvalue weighted by Gasteiger charge is 2.18. The molecule has 6 nitrogen and oxygen atoms in total. The fourth-order valence-corrected chi connectivity index (χ4v) is 10.3. The van der Waals surface area contributed by atoms with Crippen LogP contribution in [0.15, 0.2) is 36.5 Å². The van der Waals surface area contributed by atoms with Crippen molar-refractivity contribution in [2.45, 2.75) is 373 Å². The minimum Gasteiger partial charge on any atom is -0.466 e. The van der Waals surface area contributed by atoms with Gasteiger partial charge in [-0.3, -0.25) is 9.59 Å². The topological polar surface area (TPSA) is 95.9 Å². The first-order valence-electron chi connectivity index (χ1n) is 33.3. The van der Waals surface area contributed by atoms with Gasteiger partial charge in [-0.15, -0.1) is 0 Å². The number of unbranched alkanes of at least 4 members (excludes halogenated alkanes) is 47. The zero-order valence-corrected chi connectivity index (χ0v) is 49.8. The van der Waals surface area contributed by atoms with Crippen molar-refractivity contribution >= 4 is 11.9 Å². The number of nitrogens with one attached hydrogen (secondary N) is 1. The molecule has 0 aliphatic rings. The van der Waals surface area contributed by atoms with Crippen LogP contribution in [0.25, 0.3) is 0 Å². The molecule has 0 radical (unpaired) electrons. The highest BCUT2D eigenvalue weighted by atomic mass is 16.5. The molecule has 0 fully saturated rings. The normalized spacial score (nSPS) is 12.8. The first-order chi connectivity index (χ1) is 36.5. The molecule has 0 saturated carbocycles. The van der Waals surface area contributed by atoms with Gasteiger partial charge in [-0.25, -0.2) is 0 Å². The molecule has 0 aliphatic carbocycles. The van der Waals surface area contributed by atoms with Crippen LogP contribution in [0.5, 0.6) is 0 Å². The molecule has 0 rings (SSSR count). The van der Waals surface area contributed by atoms with E-state index in [1.165, 1.54) is 283 Å². The second kappa shape index (κ2) is 63.6. The minimum atomic E-state index is -0.845. The number of hydrogen-bond acceptors (Lipinski definition) is 5. The maximum absolute atomic E-state index is 12.5. The Balaban J connectivity index is 3.39. The van der Waals surface area contributed by atoms with Crippen LogP contribution in [0.4, 0.5) is 0 Å². The highest BCUT2D eigenvalue weighted by molar-refractivity contribution is 5.76. The first-order valence-corrected chi connectivity index (χ1v) is 33.3. The van der Waals surface area contributed by atoms with E-state index in [0.717, 1.165) is 51.4 Å². The van der Waals surface area contributed by atoms with E-state index in [1.54, 1.807) is 6.08 Å². The summed E-state index contributed by atoms with van der Waals surface area (Å²) in [5.41, 5.74) is 0. The third-order valence-corrected chi connectivity index (χ3v) is 15.4. The summed E-state index contributed by atoms with van der Waals surface area (Å²) in [7, 11) is 0. The van der Waals surface area contributed by atoms with Crippen molar-refractivity contribution in [3.8, 4) is 0 Å². The number of rotatable bonds is 62. The summed E-state index contributed by atoms with van der Waals surface area (Å²) >= 11 is 0. The van der Waals surface area contributed by atoms with Gasteiger partial charge in [-0.05, 0) is 64.2 Å². The van der Waals surface area contributed by atoms with Crippen molar-refractivity contribution in [2.24, 2.45) is 0 Å². The maximum Gasteiger partial charge on any atom is 0.305 e. The lowest BCUT2D eigenvalue weighted by atomic mass is 10.0. The summed E-state index contributed by atoms with van der Waals surface area (Å²) in [4.78, 5) is 24.6. The van der Waals surface area contributed by atoms with Crippen molar-refractivity contribution in [1.82, 2.24) is 5.32 Å². The predicted octanol–water partition coefficient (Wildman–Crippen LogP) is 21.1. The average molecular weight is 1040 g/mol. The van der Waals surface area contributed by atoms with Gasteiger partial charge in [0.1, 0.15) is 0 Å². The quantitative estimate of drug-likeness (QED) is 0.0320. The summed E-state index contributed by atoms with van der Waals surface area (Å²) < 4.78 is 5.50. The molecule has 2 atom stereocenters. The third kappa shape index (κ3) is 59.3. The molecule has 3 N–H and O–H groups in total. The number of ether oxygens (including phenoxy) is 1. The van der Waals surface area contributed by atoms with Crippen LogP contribution in [-0.4, -0.2) is 47.4 Å². The van der Waals surface area contributed by atoms with Crippen LogP contribution in [0.3, 0.4) is 0 Å². The van der Waals surface area contributed by atoms with Crippen LogP contribution in [-0.2, 0) is 14.3 Å². The van der Waals surface area contributed by atoms with E-state index in [1.807, 2.05) is 6.08 Å². The van der Waals surface area contributed by atoms with E-state index in [4.69, 9.17) is 4.74 Å². The molecule has 74 heavy (non-hydrogen) atoms. The Hall–Kier alpha value is -1.92. The van der Waals surface area contributed by atoms with E-state index >= 15 is 0 Å². The van der Waals surface area contributed by atoms with Gasteiger partial charge >= 0.3 is 5.97 Å². The van der Waals surface area contributed by atoms with Crippen molar-refractivity contribution in [1.29, 1.82) is 0 Å². The fraction of sp³-hybridized carbons (Fsp3) is 0.882. The number of aliphatic hydroxyl groups excluding tert-OH is 2. The molecule has 6 heteroatoms. The van der Waals surface area contributed by atoms with Crippen molar-refractivity contribution in [2.75, 3.05) is 13.2 Å². The Bertz CT molecular complexity index is 1200. The Morgan fingerprint density at radius 2 is 0.676 bits per heavy atom. The molecular formula is C68H129NO5. The van der Waals surface area contributed by atoms with Gasteiger partial charge in [0, 0.05) is 12.8 Å². The van der Waals surface area contributed by atoms with Gasteiger partial charge in [-0.2, -0.15) is 0 Å². The van der Waals surface area contributed by atoms with Gasteiger partial charge < -0.3 is 20.3 Å². The van der Waals surface area contributed by atoms with Crippen molar-refractivity contribution in [3.63, 3.8) is 0 Å². The van der Waals surface area contributed by atoms with Gasteiger partial charge in [0.15, 0.2) is 0 Å². The molecule has 0 aromatic rings. The Labute approximate surface area is 462 Å². The maximum atomic E-state index is 12.5. The number of hydrogen-bond donors (Lipinski definition) is 3. The molecule has 0 aromatic carbocycles. The van der Waals surface area contributed by atoms with Gasteiger partial charge in [0.05, 0.1) is 25.4 Å². The first kappa shape index (κ1) is 72.1. The fourth-order valence-electron chi connectivity index (χ4n) is 10.3. The second-order valence-electron chi connectivity index (χ2n) is 22.8. The van der Waals surface area contributed by atoms with E-state index in [0.29, 0.717) is 19.4 Å². The van der Waals surface area contributed by atoms with E-state index in [9.17, 15) is 19.8 Å². The van der Waals surface area contributed by atoms with Gasteiger partial charge in [-0.1, -0.05) is 320 Å². The predicted molar refractivity (Wildman–Crippen MR) is 324 cm³/mol. The third-order valence-electron chi connectivity index (χ3n) is 15.4. The van der Waals surface area contributed by atoms with Gasteiger partial charge in [0.25, 0.3) is 0 Å². The molecule has 0 saturated heterocycles. The molecule has 2 unspecified atom stereocenters. The number of esters is 1. The van der Waals surface area contributed by atoms with E-state index < -0.39 is 12.1 Å². The van der Waals surface area contributed by atoms with Gasteiger partial charge in [0.2, 0.25) is 5.91 Å². The molecule has 0 aliphatic heterocycles. The highest BCUT2D eigenvalue weighted by Crippen LogP contribution is 2.18. The zero-order chi connectivity index (χ0) is 53.6. The van der Waals surface area contributed by atoms with Crippen LogP contribution in [0.2, 0.25) is 0 Å². The summed E-state index contributed by atoms with van der Waals surface area (Å²) in [5, 5.41) is 23.2. The van der Waals surface area contributed by atoms with Crippen molar-refractivity contribution < 1.29 is 24.5 Å². The Kier molecular flexibility index (Phi) is 62.0. The molecular weight excluding hydrogens is 911 g/mol. The second-order valence-corrected chi connectivity index (χ2v) is 22.8. The molecule has 0 bridgehead atoms. The Morgan fingerprint density at radius 1 is 0.378 bits per heavy atom. The number of amides is 1. The molecule has 0 spiro atoms. The summed E-state index contributed by atoms with van der Waals surface area (Å²) in [6, 6.07) is -0.628. The van der Waals surface area contributed by atoms with Crippen molar-refractivity contribution in [3.05, 3.63) is 36.5 Å². The lowest BCUT2D eigenvalue weighted by Crippen LogP contribution is -2.45. The molecule has 0 heterocycles. The number of aliphatic hydroxyl groups is 2. The summed E-state index contributed by atoms with van der Waals surface area (Å²) in [5.74, 6) is -0.0569. The number of carbonyl (C=O) groups is 2. The average Bonchev–Trinajstić information content (AvgIpc) is 3.40. The Morgan fingerprint density at radius 3 is 1.05 bits per heavy atom. The zero-order valence-electron chi connectivity index (χ0n) is 49.8. The van der Waals surface area contributed by atoms with Crippen LogP contribution < -0.4 is 5.32 Å². The monoisotopic (exact) mass is 1040 g/mol. The van der Waals surface area contributed by atoms with Crippen LogP contribution >= 0.6 is 0 Å². The largest absolute Gasteiger partial charge is 0.466 e.